The molecule has 1 aliphatic rings. The number of nitrogens with one attached hydrogen (secondary N) is 1. The zero-order valence-corrected chi connectivity index (χ0v) is 21.4. The third kappa shape index (κ3) is 6.01. The zero-order valence-electron chi connectivity index (χ0n) is 20.7. The van der Waals surface area contributed by atoms with Crippen LogP contribution in [0.5, 0.6) is 0 Å². The van der Waals surface area contributed by atoms with E-state index < -0.39 is 29.5 Å². The van der Waals surface area contributed by atoms with E-state index in [1.165, 1.54) is 13.8 Å². The van der Waals surface area contributed by atoms with Gasteiger partial charge in [-0.2, -0.15) is 8.78 Å². The van der Waals surface area contributed by atoms with Gasteiger partial charge in [0, 0.05) is 36.3 Å². The van der Waals surface area contributed by atoms with Crippen LogP contribution in [0.25, 0.3) is 11.5 Å². The van der Waals surface area contributed by atoms with E-state index in [4.69, 9.17) is 20.6 Å². The fraction of sp³-hybridized carbons (Fsp3) is 0.462. The molecule has 1 atom stereocenters. The number of benzene rings is 1. The number of aliphatic carboxylic acids is 1. The fourth-order valence-electron chi connectivity index (χ4n) is 4.16. The third-order valence-electron chi connectivity index (χ3n) is 6.46. The van der Waals surface area contributed by atoms with E-state index in [0.29, 0.717) is 22.0 Å². The molecule has 2 aromatic heterocycles. The number of aryl methyl sites for hydroxylation is 1. The summed E-state index contributed by atoms with van der Waals surface area (Å²) in [7, 11) is 0. The number of alkyl halides is 2. The summed E-state index contributed by atoms with van der Waals surface area (Å²) < 4.78 is 39.5. The Kier molecular flexibility index (Phi) is 7.68. The van der Waals surface area contributed by atoms with Crippen LogP contribution < -0.4 is 5.32 Å². The maximum Gasteiger partial charge on any atom is 0.309 e. The predicted octanol–water partition coefficient (Wildman–Crippen LogP) is 6.89. The standard InChI is InChI=1S/C26H28ClF2N3O5/c1-13(2)26(28,29)20-12-19(31-36-20)25-23(15-5-6-15)24(32-37-25)16(7-9-22(34)35)11-21(33)30-18-8-4-14(3)10-17(18)27/h4,8,10,12-13,15-16H,5-7,9,11H2,1-3H3,(H,30,33)(H,34,35). The Hall–Kier alpha value is -3.27. The highest BCUT2D eigenvalue weighted by Crippen LogP contribution is 2.49. The SMILES string of the molecule is Cc1ccc(NC(=O)CC(CCC(=O)O)c2noc(-c3cc(C(F)(F)C(C)C)on3)c2C2CC2)c(Cl)c1. The Bertz CT molecular complexity index is 1300. The average Bonchev–Trinajstić information content (AvgIpc) is 3.36. The molecule has 37 heavy (non-hydrogen) atoms. The van der Waals surface area contributed by atoms with Crippen molar-refractivity contribution in [1.29, 1.82) is 0 Å². The van der Waals surface area contributed by atoms with Gasteiger partial charge in [-0.25, -0.2) is 0 Å². The maximum atomic E-state index is 14.5. The number of carboxylic acids is 1. The molecule has 1 fully saturated rings. The first kappa shape index (κ1) is 26.8. The summed E-state index contributed by atoms with van der Waals surface area (Å²) in [5.74, 6) is -6.51. The van der Waals surface area contributed by atoms with Gasteiger partial charge < -0.3 is 19.5 Å². The molecule has 0 spiro atoms. The van der Waals surface area contributed by atoms with E-state index in [2.05, 4.69) is 15.6 Å². The number of aromatic nitrogens is 2. The van der Waals surface area contributed by atoms with E-state index in [9.17, 15) is 23.5 Å². The van der Waals surface area contributed by atoms with Crippen molar-refractivity contribution in [3.05, 3.63) is 51.9 Å². The minimum absolute atomic E-state index is 0.0453. The first-order valence-electron chi connectivity index (χ1n) is 12.1. The molecular formula is C26H28ClF2N3O5. The summed E-state index contributed by atoms with van der Waals surface area (Å²) in [6.45, 7) is 4.64. The van der Waals surface area contributed by atoms with E-state index in [1.54, 1.807) is 12.1 Å². The molecule has 8 nitrogen and oxygen atoms in total. The summed E-state index contributed by atoms with van der Waals surface area (Å²) in [6, 6.07) is 6.38. The van der Waals surface area contributed by atoms with Crippen molar-refractivity contribution in [2.75, 3.05) is 5.32 Å². The molecule has 1 saturated carbocycles. The Balaban J connectivity index is 1.63. The van der Waals surface area contributed by atoms with E-state index >= 15 is 0 Å². The van der Waals surface area contributed by atoms with Crippen LogP contribution in [-0.4, -0.2) is 27.3 Å². The van der Waals surface area contributed by atoms with Crippen LogP contribution in [-0.2, 0) is 15.5 Å². The van der Waals surface area contributed by atoms with E-state index in [-0.39, 0.29) is 42.5 Å². The molecule has 0 saturated heterocycles. The molecule has 2 N–H and O–H groups in total. The molecule has 1 amide bonds. The molecule has 11 heteroatoms. The van der Waals surface area contributed by atoms with Gasteiger partial charge in [0.05, 0.1) is 16.4 Å². The lowest BCUT2D eigenvalue weighted by atomic mass is 9.90. The van der Waals surface area contributed by atoms with Crippen LogP contribution in [0.3, 0.4) is 0 Å². The number of carbonyl (C=O) groups excluding carboxylic acids is 1. The van der Waals surface area contributed by atoms with Crippen molar-refractivity contribution in [1.82, 2.24) is 10.3 Å². The Labute approximate surface area is 217 Å². The predicted molar refractivity (Wildman–Crippen MR) is 132 cm³/mol. The van der Waals surface area contributed by atoms with Crippen molar-refractivity contribution < 1.29 is 32.5 Å². The average molecular weight is 536 g/mol. The number of halogens is 3. The highest BCUT2D eigenvalue weighted by atomic mass is 35.5. The monoisotopic (exact) mass is 535 g/mol. The van der Waals surface area contributed by atoms with Crippen molar-refractivity contribution in [2.45, 2.75) is 70.6 Å². The topological polar surface area (TPSA) is 118 Å². The van der Waals surface area contributed by atoms with Gasteiger partial charge in [-0.15, -0.1) is 0 Å². The van der Waals surface area contributed by atoms with Crippen LogP contribution in [0.2, 0.25) is 5.02 Å². The number of amides is 1. The van der Waals surface area contributed by atoms with Gasteiger partial charge in [0.1, 0.15) is 0 Å². The minimum atomic E-state index is -3.22. The number of hydrogen-bond acceptors (Lipinski definition) is 6. The third-order valence-corrected chi connectivity index (χ3v) is 6.77. The van der Waals surface area contributed by atoms with Crippen LogP contribution in [0.1, 0.15) is 80.4 Å². The van der Waals surface area contributed by atoms with Crippen LogP contribution >= 0.6 is 11.6 Å². The lowest BCUT2D eigenvalue weighted by Gasteiger charge is -2.16. The molecule has 2 heterocycles. The highest BCUT2D eigenvalue weighted by molar-refractivity contribution is 6.33. The van der Waals surface area contributed by atoms with Gasteiger partial charge in [-0.3, -0.25) is 9.59 Å². The van der Waals surface area contributed by atoms with Crippen molar-refractivity contribution in [3.63, 3.8) is 0 Å². The van der Waals surface area contributed by atoms with Crippen LogP contribution in [0, 0.1) is 12.8 Å². The number of rotatable bonds is 11. The van der Waals surface area contributed by atoms with Gasteiger partial charge in [0.2, 0.25) is 11.7 Å². The number of nitrogens with zero attached hydrogens (tertiary/aromatic N) is 2. The quantitative estimate of drug-likeness (QED) is 0.274. The molecule has 4 rings (SSSR count). The Morgan fingerprint density at radius 2 is 1.95 bits per heavy atom. The highest BCUT2D eigenvalue weighted by Gasteiger charge is 2.42. The first-order valence-corrected chi connectivity index (χ1v) is 12.5. The lowest BCUT2D eigenvalue weighted by Crippen LogP contribution is -2.19. The molecule has 1 aliphatic carbocycles. The number of anilines is 1. The second-order valence-electron chi connectivity index (χ2n) is 9.80. The van der Waals surface area contributed by atoms with Crippen molar-refractivity contribution >= 4 is 29.2 Å². The smallest absolute Gasteiger partial charge is 0.309 e. The van der Waals surface area contributed by atoms with Gasteiger partial charge in [-0.05, 0) is 49.8 Å². The zero-order chi connectivity index (χ0) is 26.9. The molecule has 3 aromatic rings. The Morgan fingerprint density at radius 1 is 1.22 bits per heavy atom. The van der Waals surface area contributed by atoms with Crippen LogP contribution in [0.4, 0.5) is 14.5 Å². The fourth-order valence-corrected chi connectivity index (χ4v) is 4.44. The summed E-state index contributed by atoms with van der Waals surface area (Å²) >= 11 is 6.24. The summed E-state index contributed by atoms with van der Waals surface area (Å²) in [6.07, 6.45) is 1.52. The van der Waals surface area contributed by atoms with Gasteiger partial charge in [0.15, 0.2) is 11.5 Å². The first-order chi connectivity index (χ1) is 17.5. The molecule has 198 valence electrons. The summed E-state index contributed by atoms with van der Waals surface area (Å²) in [5, 5.41) is 20.4. The molecule has 0 aliphatic heterocycles. The largest absolute Gasteiger partial charge is 0.481 e. The number of carboxylic acid groups (broad SMARTS) is 1. The molecule has 0 radical (unpaired) electrons. The second kappa shape index (κ2) is 10.6. The summed E-state index contributed by atoms with van der Waals surface area (Å²) in [4.78, 5) is 24.3. The Morgan fingerprint density at radius 3 is 2.57 bits per heavy atom. The van der Waals surface area contributed by atoms with Gasteiger partial charge >= 0.3 is 11.9 Å². The molecule has 0 bridgehead atoms. The summed E-state index contributed by atoms with van der Waals surface area (Å²) in [5.41, 5.74) is 2.56. The number of hydrogen-bond donors (Lipinski definition) is 2. The maximum absolute atomic E-state index is 14.5. The molecular weight excluding hydrogens is 508 g/mol. The van der Waals surface area contributed by atoms with Gasteiger partial charge in [0.25, 0.3) is 0 Å². The minimum Gasteiger partial charge on any atom is -0.481 e. The van der Waals surface area contributed by atoms with Crippen molar-refractivity contribution in [2.24, 2.45) is 5.92 Å². The van der Waals surface area contributed by atoms with Gasteiger partial charge in [-0.1, -0.05) is 41.8 Å². The molecule has 1 unspecified atom stereocenters. The van der Waals surface area contributed by atoms with Crippen molar-refractivity contribution in [3.8, 4) is 11.5 Å². The molecule has 1 aromatic carbocycles. The van der Waals surface area contributed by atoms with E-state index in [0.717, 1.165) is 24.5 Å². The lowest BCUT2D eigenvalue weighted by molar-refractivity contribution is -0.137. The van der Waals surface area contributed by atoms with E-state index in [1.807, 2.05) is 13.0 Å². The second-order valence-corrected chi connectivity index (χ2v) is 10.2. The number of carbonyl (C=O) groups is 2. The normalized spacial score (nSPS) is 14.7. The van der Waals surface area contributed by atoms with Crippen LogP contribution in [0.15, 0.2) is 33.3 Å².